The number of rotatable bonds is 3. The summed E-state index contributed by atoms with van der Waals surface area (Å²) in [5.74, 6) is -0.961. The van der Waals surface area contributed by atoms with E-state index in [9.17, 15) is 22.0 Å². The molecule has 1 aromatic heterocycles. The van der Waals surface area contributed by atoms with Gasteiger partial charge in [0.1, 0.15) is 5.69 Å². The van der Waals surface area contributed by atoms with E-state index in [2.05, 4.69) is 9.72 Å². The molecule has 0 radical (unpaired) electrons. The average Bonchev–Trinajstić information content (AvgIpc) is 2.19. The fourth-order valence-corrected chi connectivity index (χ4v) is 1.35. The maximum absolute atomic E-state index is 12.6. The van der Waals surface area contributed by atoms with Gasteiger partial charge in [-0.05, 0) is 18.1 Å². The third-order valence-corrected chi connectivity index (χ3v) is 2.04. The normalized spacial score (nSPS) is 11.4. The highest BCUT2D eigenvalue weighted by Crippen LogP contribution is 2.29. The Bertz CT molecular complexity index is 478. The first-order chi connectivity index (χ1) is 8.24. The molecule has 0 aliphatic rings. The van der Waals surface area contributed by atoms with Crippen molar-refractivity contribution in [2.24, 2.45) is 0 Å². The summed E-state index contributed by atoms with van der Waals surface area (Å²) in [5.41, 5.74) is -0.848. The molecule has 1 heterocycles. The molecule has 18 heavy (non-hydrogen) atoms. The Labute approximate surface area is 98.8 Å². The lowest BCUT2D eigenvalue weighted by Gasteiger charge is -2.13. The lowest BCUT2D eigenvalue weighted by Crippen LogP contribution is -2.19. The van der Waals surface area contributed by atoms with E-state index in [0.29, 0.717) is 0 Å². The van der Waals surface area contributed by atoms with Crippen LogP contribution in [0, 0.1) is 18.3 Å². The number of pyridine rings is 1. The zero-order valence-corrected chi connectivity index (χ0v) is 9.05. The molecular formula is C10H7F5N2O. The largest absolute Gasteiger partial charge is 0.574 e. The van der Waals surface area contributed by atoms with Crippen LogP contribution in [0.4, 0.5) is 22.0 Å². The van der Waals surface area contributed by atoms with Crippen LogP contribution in [0.1, 0.15) is 23.2 Å². The van der Waals surface area contributed by atoms with Crippen molar-refractivity contribution in [1.29, 1.82) is 5.26 Å². The zero-order chi connectivity index (χ0) is 13.9. The number of alkyl halides is 5. The Morgan fingerprint density at radius 1 is 1.44 bits per heavy atom. The minimum atomic E-state index is -5.00. The summed E-state index contributed by atoms with van der Waals surface area (Å²) in [6.45, 7) is 1.31. The number of hydrogen-bond acceptors (Lipinski definition) is 3. The molecule has 0 fully saturated rings. The van der Waals surface area contributed by atoms with Gasteiger partial charge in [0.2, 0.25) is 5.88 Å². The molecule has 0 aliphatic carbocycles. The van der Waals surface area contributed by atoms with Crippen molar-refractivity contribution >= 4 is 0 Å². The number of ether oxygens (including phenoxy) is 1. The second-order valence-electron chi connectivity index (χ2n) is 3.32. The monoisotopic (exact) mass is 266 g/mol. The van der Waals surface area contributed by atoms with Crippen LogP contribution in [-0.4, -0.2) is 11.3 Å². The van der Waals surface area contributed by atoms with Crippen molar-refractivity contribution in [2.75, 3.05) is 0 Å². The molecule has 0 aliphatic heterocycles. The van der Waals surface area contributed by atoms with Crippen LogP contribution in [0.25, 0.3) is 0 Å². The van der Waals surface area contributed by atoms with E-state index in [1.165, 1.54) is 6.92 Å². The van der Waals surface area contributed by atoms with Gasteiger partial charge < -0.3 is 4.74 Å². The van der Waals surface area contributed by atoms with E-state index in [4.69, 9.17) is 5.26 Å². The quantitative estimate of drug-likeness (QED) is 0.788. The maximum atomic E-state index is 12.6. The van der Waals surface area contributed by atoms with Gasteiger partial charge in [0.25, 0.3) is 6.43 Å². The summed E-state index contributed by atoms with van der Waals surface area (Å²) in [6, 6.07) is 2.52. The molecule has 0 unspecified atom stereocenters. The van der Waals surface area contributed by atoms with Gasteiger partial charge in [0, 0.05) is 6.07 Å². The van der Waals surface area contributed by atoms with Crippen LogP contribution in [0.5, 0.6) is 5.88 Å². The fourth-order valence-electron chi connectivity index (χ4n) is 1.35. The summed E-state index contributed by atoms with van der Waals surface area (Å²) < 4.78 is 64.6. The summed E-state index contributed by atoms with van der Waals surface area (Å²) in [7, 11) is 0. The van der Waals surface area contributed by atoms with Crippen molar-refractivity contribution < 1.29 is 26.7 Å². The van der Waals surface area contributed by atoms with Gasteiger partial charge in [-0.1, -0.05) is 0 Å². The molecule has 0 atom stereocenters. The topological polar surface area (TPSA) is 45.9 Å². The Morgan fingerprint density at radius 3 is 2.50 bits per heavy atom. The van der Waals surface area contributed by atoms with Crippen LogP contribution in [0.2, 0.25) is 0 Å². The van der Waals surface area contributed by atoms with Crippen LogP contribution in [0.3, 0.4) is 0 Å². The summed E-state index contributed by atoms with van der Waals surface area (Å²) in [4.78, 5) is 3.09. The third-order valence-electron chi connectivity index (χ3n) is 2.04. The molecule has 1 rings (SSSR count). The molecule has 0 saturated carbocycles. The van der Waals surface area contributed by atoms with Crippen LogP contribution in [0.15, 0.2) is 6.07 Å². The molecule has 0 bridgehead atoms. The molecular weight excluding hydrogens is 259 g/mol. The number of nitrogens with zero attached hydrogens (tertiary/aromatic N) is 2. The van der Waals surface area contributed by atoms with Gasteiger partial charge in [-0.3, -0.25) is 0 Å². The highest BCUT2D eigenvalue weighted by Gasteiger charge is 2.32. The highest BCUT2D eigenvalue weighted by atomic mass is 19.4. The minimum Gasteiger partial charge on any atom is -0.388 e. The predicted molar refractivity (Wildman–Crippen MR) is 49.9 cm³/mol. The molecule has 0 amide bonds. The van der Waals surface area contributed by atoms with Gasteiger partial charge >= 0.3 is 6.36 Å². The number of aryl methyl sites for hydroxylation is 1. The number of aromatic nitrogens is 1. The first kappa shape index (κ1) is 14.2. The Hall–Kier alpha value is -1.91. The van der Waals surface area contributed by atoms with E-state index in [1.807, 2.05) is 0 Å². The predicted octanol–water partition coefficient (Wildman–Crippen LogP) is 3.29. The van der Waals surface area contributed by atoms with E-state index >= 15 is 0 Å². The van der Waals surface area contributed by atoms with Crippen molar-refractivity contribution in [3.8, 4) is 11.9 Å². The molecule has 3 nitrogen and oxygen atoms in total. The standard InChI is InChI=1S/C10H7F5N2O/c1-5-4-7(18-10(13,14)15)17-8(9(11)12)6(5)2-3-16/h4,9H,2H2,1H3. The van der Waals surface area contributed by atoms with Gasteiger partial charge in [0.05, 0.1) is 12.5 Å². The van der Waals surface area contributed by atoms with Crippen LogP contribution in [-0.2, 0) is 6.42 Å². The molecule has 8 heteroatoms. The van der Waals surface area contributed by atoms with Crippen molar-refractivity contribution in [3.63, 3.8) is 0 Å². The molecule has 0 N–H and O–H groups in total. The number of hydrogen-bond donors (Lipinski definition) is 0. The first-order valence-corrected chi connectivity index (χ1v) is 4.66. The van der Waals surface area contributed by atoms with Gasteiger partial charge in [-0.2, -0.15) is 5.26 Å². The average molecular weight is 266 g/mol. The van der Waals surface area contributed by atoms with Crippen molar-refractivity contribution in [3.05, 3.63) is 22.9 Å². The summed E-state index contributed by atoms with van der Waals surface area (Å²) in [6.07, 6.45) is -8.44. The Kier molecular flexibility index (Phi) is 4.06. The molecule has 0 saturated heterocycles. The molecule has 98 valence electrons. The van der Waals surface area contributed by atoms with Crippen LogP contribution < -0.4 is 4.74 Å². The van der Waals surface area contributed by atoms with Gasteiger partial charge in [-0.15, -0.1) is 13.2 Å². The third kappa shape index (κ3) is 3.55. The second kappa shape index (κ2) is 5.16. The van der Waals surface area contributed by atoms with Crippen molar-refractivity contribution in [2.45, 2.75) is 26.1 Å². The molecule has 0 aromatic carbocycles. The summed E-state index contributed by atoms with van der Waals surface area (Å²) in [5, 5.41) is 8.47. The Balaban J connectivity index is 3.24. The highest BCUT2D eigenvalue weighted by molar-refractivity contribution is 5.36. The van der Waals surface area contributed by atoms with Crippen molar-refractivity contribution in [1.82, 2.24) is 4.98 Å². The Morgan fingerprint density at radius 2 is 2.06 bits per heavy atom. The first-order valence-electron chi connectivity index (χ1n) is 4.66. The number of halogens is 5. The zero-order valence-electron chi connectivity index (χ0n) is 9.05. The second-order valence-corrected chi connectivity index (χ2v) is 3.32. The maximum Gasteiger partial charge on any atom is 0.574 e. The minimum absolute atomic E-state index is 0.0815. The van der Waals surface area contributed by atoms with E-state index in [-0.39, 0.29) is 17.5 Å². The van der Waals surface area contributed by atoms with Gasteiger partial charge in [0.15, 0.2) is 0 Å². The lowest BCUT2D eigenvalue weighted by atomic mass is 10.1. The van der Waals surface area contributed by atoms with Gasteiger partial charge in [-0.25, -0.2) is 13.8 Å². The van der Waals surface area contributed by atoms with Crippen LogP contribution >= 0.6 is 0 Å². The molecule has 0 spiro atoms. The number of nitriles is 1. The van der Waals surface area contributed by atoms with E-state index in [1.54, 1.807) is 6.07 Å². The van der Waals surface area contributed by atoms with E-state index < -0.39 is 24.4 Å². The lowest BCUT2D eigenvalue weighted by molar-refractivity contribution is -0.276. The fraction of sp³-hybridized carbons (Fsp3) is 0.400. The smallest absolute Gasteiger partial charge is 0.388 e. The summed E-state index contributed by atoms with van der Waals surface area (Å²) >= 11 is 0. The van der Waals surface area contributed by atoms with E-state index in [0.717, 1.165) is 6.07 Å². The molecule has 1 aromatic rings. The SMILES string of the molecule is Cc1cc(OC(F)(F)F)nc(C(F)F)c1CC#N.